The number of nitrogens with zero attached hydrogens (tertiary/aromatic N) is 2. The molecular weight excluding hydrogens is 392 g/mol. The number of rotatable bonds is 6. The summed E-state index contributed by atoms with van der Waals surface area (Å²) < 4.78 is 32.4. The molecule has 1 saturated heterocycles. The molecule has 0 spiro atoms. The Morgan fingerprint density at radius 3 is 2.77 bits per heavy atom. The van der Waals surface area contributed by atoms with Gasteiger partial charge < -0.3 is 19.7 Å². The van der Waals surface area contributed by atoms with Crippen molar-refractivity contribution in [1.82, 2.24) is 14.9 Å². The molecule has 1 aromatic heterocycles. The first-order valence-corrected chi connectivity index (χ1v) is 10.7. The fourth-order valence-electron chi connectivity index (χ4n) is 5.07. The van der Waals surface area contributed by atoms with E-state index in [4.69, 9.17) is 4.74 Å². The molecule has 6 nitrogen and oxygen atoms in total. The van der Waals surface area contributed by atoms with Crippen LogP contribution in [0.15, 0.2) is 18.2 Å². The summed E-state index contributed by atoms with van der Waals surface area (Å²) in [7, 11) is 1.62. The van der Waals surface area contributed by atoms with Crippen molar-refractivity contribution in [2.24, 2.45) is 11.8 Å². The number of methoxy groups -OCH3 is 1. The van der Waals surface area contributed by atoms with Gasteiger partial charge in [-0.2, -0.15) is 0 Å². The zero-order chi connectivity index (χ0) is 21.3. The summed E-state index contributed by atoms with van der Waals surface area (Å²) in [6.07, 6.45) is 2.47. The van der Waals surface area contributed by atoms with E-state index in [9.17, 15) is 18.7 Å². The Labute approximate surface area is 174 Å². The molecule has 2 N–H and O–H groups in total. The van der Waals surface area contributed by atoms with E-state index in [1.165, 1.54) is 0 Å². The zero-order valence-corrected chi connectivity index (χ0v) is 17.2. The smallest absolute Gasteiger partial charge is 0.303 e. The molecule has 4 rings (SSSR count). The zero-order valence-electron chi connectivity index (χ0n) is 17.2. The molecule has 0 unspecified atom stereocenters. The summed E-state index contributed by atoms with van der Waals surface area (Å²) in [6.45, 7) is 1.51. The van der Waals surface area contributed by atoms with Gasteiger partial charge in [0.25, 0.3) is 0 Å². The fraction of sp³-hybridized carbons (Fsp3) is 0.636. The molecule has 1 aliphatic carbocycles. The Kier molecular flexibility index (Phi) is 5.95. The van der Waals surface area contributed by atoms with Crippen LogP contribution in [0.3, 0.4) is 0 Å². The first-order chi connectivity index (χ1) is 14.3. The Balaban J connectivity index is 1.49. The van der Waals surface area contributed by atoms with Crippen LogP contribution in [-0.2, 0) is 11.2 Å². The van der Waals surface area contributed by atoms with E-state index < -0.39 is 11.9 Å². The van der Waals surface area contributed by atoms with Crippen molar-refractivity contribution in [2.45, 2.75) is 56.9 Å². The summed E-state index contributed by atoms with van der Waals surface area (Å²) >= 11 is 0. The molecular formula is C22H29F2N3O3. The fourth-order valence-corrected chi connectivity index (χ4v) is 5.07. The number of hydrogen-bond donors (Lipinski definition) is 2. The lowest BCUT2D eigenvalue weighted by atomic mass is 9.79. The van der Waals surface area contributed by atoms with E-state index in [1.807, 2.05) is 18.2 Å². The van der Waals surface area contributed by atoms with Crippen molar-refractivity contribution in [3.8, 4) is 5.75 Å². The number of hydrogen-bond acceptors (Lipinski definition) is 4. The highest BCUT2D eigenvalue weighted by Crippen LogP contribution is 2.38. The predicted octanol–water partition coefficient (Wildman–Crippen LogP) is 4.10. The minimum absolute atomic E-state index is 0.0528. The first kappa shape index (κ1) is 21.0. The van der Waals surface area contributed by atoms with E-state index in [-0.39, 0.29) is 37.1 Å². The van der Waals surface area contributed by atoms with Crippen LogP contribution in [0, 0.1) is 11.8 Å². The highest BCUT2D eigenvalue weighted by molar-refractivity contribution is 5.76. The molecule has 1 aromatic carbocycles. The van der Waals surface area contributed by atoms with Gasteiger partial charge in [0.05, 0.1) is 18.1 Å². The third-order valence-electron chi connectivity index (χ3n) is 6.76. The van der Waals surface area contributed by atoms with E-state index in [0.717, 1.165) is 42.1 Å². The molecule has 1 saturated carbocycles. The predicted molar refractivity (Wildman–Crippen MR) is 109 cm³/mol. The number of carboxylic acids is 1. The van der Waals surface area contributed by atoms with Crippen LogP contribution < -0.4 is 4.74 Å². The highest BCUT2D eigenvalue weighted by Gasteiger charge is 2.40. The Hall–Kier alpha value is -2.22. The van der Waals surface area contributed by atoms with Gasteiger partial charge in [0.1, 0.15) is 11.6 Å². The lowest BCUT2D eigenvalue weighted by Gasteiger charge is -2.44. The molecule has 2 aliphatic rings. The van der Waals surface area contributed by atoms with Crippen LogP contribution in [-0.4, -0.2) is 58.1 Å². The maximum absolute atomic E-state index is 13.6. The van der Waals surface area contributed by atoms with Crippen LogP contribution in [0.4, 0.5) is 8.78 Å². The number of aliphatic carboxylic acids is 1. The van der Waals surface area contributed by atoms with Crippen LogP contribution in [0.25, 0.3) is 11.0 Å². The maximum atomic E-state index is 13.6. The van der Waals surface area contributed by atoms with Crippen molar-refractivity contribution in [3.63, 3.8) is 0 Å². The number of alkyl halides is 2. The summed E-state index contributed by atoms with van der Waals surface area (Å²) in [5.74, 6) is -1.56. The molecule has 8 heteroatoms. The first-order valence-electron chi connectivity index (χ1n) is 10.7. The number of piperidine rings is 1. The van der Waals surface area contributed by atoms with E-state index >= 15 is 0 Å². The topological polar surface area (TPSA) is 78.4 Å². The number of carbonyl (C=O) groups is 1. The molecule has 2 aromatic rings. The standard InChI is InChI=1S/C22H29F2N3O3/c1-30-17-2-3-18-19(12-17)26-20(25-18)10-15-13-27(9-6-14(15)11-21(28)29)16-4-7-22(23,24)8-5-16/h2-3,12,14-16H,4-11,13H2,1H3,(H,25,26)(H,28,29)/t14-,15-/m0/s1. The molecule has 2 fully saturated rings. The Morgan fingerprint density at radius 1 is 1.30 bits per heavy atom. The van der Waals surface area contributed by atoms with Crippen molar-refractivity contribution in [3.05, 3.63) is 24.0 Å². The minimum Gasteiger partial charge on any atom is -0.497 e. The van der Waals surface area contributed by atoms with Crippen molar-refractivity contribution < 1.29 is 23.4 Å². The normalized spacial score (nSPS) is 25.4. The van der Waals surface area contributed by atoms with Gasteiger partial charge in [0.15, 0.2) is 0 Å². The number of carboxylic acid groups (broad SMARTS) is 1. The van der Waals surface area contributed by atoms with Gasteiger partial charge in [-0.25, -0.2) is 13.8 Å². The Bertz CT molecular complexity index is 891. The largest absolute Gasteiger partial charge is 0.497 e. The average molecular weight is 421 g/mol. The summed E-state index contributed by atoms with van der Waals surface area (Å²) in [5.41, 5.74) is 1.74. The number of fused-ring (bicyclic) bond motifs is 1. The van der Waals surface area contributed by atoms with Gasteiger partial charge in [0.2, 0.25) is 5.92 Å². The van der Waals surface area contributed by atoms with Crippen LogP contribution >= 0.6 is 0 Å². The highest BCUT2D eigenvalue weighted by atomic mass is 19.3. The third-order valence-corrected chi connectivity index (χ3v) is 6.76. The number of benzene rings is 1. The number of aromatic amines is 1. The van der Waals surface area contributed by atoms with Crippen LogP contribution in [0.1, 0.15) is 44.3 Å². The number of aromatic nitrogens is 2. The number of H-pyrrole nitrogens is 1. The van der Waals surface area contributed by atoms with Gasteiger partial charge in [-0.05, 0) is 49.8 Å². The lowest BCUT2D eigenvalue weighted by Crippen LogP contribution is -2.49. The molecule has 1 aliphatic heterocycles. The molecule has 0 radical (unpaired) electrons. The molecule has 30 heavy (non-hydrogen) atoms. The second-order valence-electron chi connectivity index (χ2n) is 8.76. The maximum Gasteiger partial charge on any atom is 0.303 e. The van der Waals surface area contributed by atoms with Gasteiger partial charge in [0, 0.05) is 44.3 Å². The quantitative estimate of drug-likeness (QED) is 0.734. The average Bonchev–Trinajstić information content (AvgIpc) is 3.10. The van der Waals surface area contributed by atoms with E-state index in [2.05, 4.69) is 14.9 Å². The lowest BCUT2D eigenvalue weighted by molar-refractivity contribution is -0.139. The van der Waals surface area contributed by atoms with E-state index in [0.29, 0.717) is 19.3 Å². The van der Waals surface area contributed by atoms with Crippen molar-refractivity contribution in [1.29, 1.82) is 0 Å². The van der Waals surface area contributed by atoms with Gasteiger partial charge >= 0.3 is 5.97 Å². The van der Waals surface area contributed by atoms with Crippen LogP contribution in [0.2, 0.25) is 0 Å². The second kappa shape index (κ2) is 8.49. The molecule has 0 amide bonds. The summed E-state index contributed by atoms with van der Waals surface area (Å²) in [5, 5.41) is 9.36. The minimum atomic E-state index is -2.53. The van der Waals surface area contributed by atoms with Gasteiger partial charge in [-0.1, -0.05) is 0 Å². The van der Waals surface area contributed by atoms with E-state index in [1.54, 1.807) is 7.11 Å². The SMILES string of the molecule is COc1ccc2nc(C[C@H]3CN(C4CCC(F)(F)CC4)CC[C@H]3CC(=O)O)[nH]c2c1. The third kappa shape index (κ3) is 4.74. The number of halogens is 2. The molecule has 164 valence electrons. The van der Waals surface area contributed by atoms with Gasteiger partial charge in [-0.3, -0.25) is 4.79 Å². The monoisotopic (exact) mass is 421 g/mol. The Morgan fingerprint density at radius 2 is 2.07 bits per heavy atom. The van der Waals surface area contributed by atoms with Crippen molar-refractivity contribution in [2.75, 3.05) is 20.2 Å². The molecule has 0 bridgehead atoms. The summed E-state index contributed by atoms with van der Waals surface area (Å²) in [6, 6.07) is 5.83. The van der Waals surface area contributed by atoms with Gasteiger partial charge in [-0.15, -0.1) is 0 Å². The van der Waals surface area contributed by atoms with Crippen molar-refractivity contribution >= 4 is 17.0 Å². The second-order valence-corrected chi connectivity index (χ2v) is 8.76. The number of ether oxygens (including phenoxy) is 1. The molecule has 2 heterocycles. The summed E-state index contributed by atoms with van der Waals surface area (Å²) in [4.78, 5) is 21.7. The van der Waals surface area contributed by atoms with Crippen LogP contribution in [0.5, 0.6) is 5.75 Å². The number of imidazole rings is 1. The molecule has 2 atom stereocenters. The number of nitrogens with one attached hydrogen (secondary N) is 1. The number of likely N-dealkylation sites (tertiary alicyclic amines) is 1.